The van der Waals surface area contributed by atoms with E-state index in [1.165, 1.54) is 32.0 Å². The van der Waals surface area contributed by atoms with Gasteiger partial charge in [-0.3, -0.25) is 0 Å². The molecule has 0 amide bonds. The van der Waals surface area contributed by atoms with Crippen molar-refractivity contribution in [3.05, 3.63) is 250 Å². The molecule has 10 heteroatoms. The minimum Gasteiger partial charge on any atom is -0.310 e. The van der Waals surface area contributed by atoms with Gasteiger partial charge in [0.15, 0.2) is 0 Å². The highest BCUT2D eigenvalue weighted by atomic mass is 19.4. The van der Waals surface area contributed by atoms with Gasteiger partial charge in [0.2, 0.25) is 0 Å². The minimum absolute atomic E-state index is 0.0804. The van der Waals surface area contributed by atoms with Crippen LogP contribution >= 0.6 is 0 Å². The third-order valence-electron chi connectivity index (χ3n) is 15.3. The molecule has 0 spiro atoms. The van der Waals surface area contributed by atoms with Crippen LogP contribution in [0.4, 0.5) is 56.6 Å². The number of hydrogen-bond donors (Lipinski definition) is 0. The topological polar surface area (TPSA) is 3.24 Å². The van der Waals surface area contributed by atoms with Crippen molar-refractivity contribution in [3.63, 3.8) is 0 Å². The van der Waals surface area contributed by atoms with E-state index in [1.807, 2.05) is 115 Å². The Morgan fingerprint density at radius 3 is 1.37 bits per heavy atom. The third kappa shape index (κ3) is 8.13. The number of rotatable bonds is 6. The lowest BCUT2D eigenvalue weighted by Gasteiger charge is -2.36. The Balaban J connectivity index is 1.14. The molecule has 10 aromatic rings. The molecule has 0 aliphatic heterocycles. The molecule has 12 rings (SSSR count). The van der Waals surface area contributed by atoms with Crippen molar-refractivity contribution >= 4 is 66.2 Å². The Hall–Kier alpha value is -8.37. The number of hydrogen-bond acceptors (Lipinski definition) is 1. The maximum absolute atomic E-state index is 16.1. The first-order chi connectivity index (χ1) is 36.3. The van der Waals surface area contributed by atoms with E-state index in [4.69, 9.17) is 0 Å². The van der Waals surface area contributed by atoms with Gasteiger partial charge in [0.1, 0.15) is 0 Å². The predicted molar refractivity (Wildman–Crippen MR) is 289 cm³/mol. The van der Waals surface area contributed by atoms with Crippen molar-refractivity contribution in [3.8, 4) is 22.3 Å². The van der Waals surface area contributed by atoms with Crippen LogP contribution in [0, 0.1) is 20.8 Å². The lowest BCUT2D eigenvalue weighted by molar-refractivity contribution is -0.138. The first-order valence-corrected chi connectivity index (χ1v) is 24.8. The van der Waals surface area contributed by atoms with Crippen molar-refractivity contribution in [1.29, 1.82) is 0 Å². The van der Waals surface area contributed by atoms with Crippen molar-refractivity contribution < 1.29 is 39.5 Å². The van der Waals surface area contributed by atoms with E-state index in [9.17, 15) is 0 Å². The van der Waals surface area contributed by atoms with Crippen LogP contribution in [-0.2, 0) is 18.5 Å². The van der Waals surface area contributed by atoms with Crippen molar-refractivity contribution in [2.45, 2.75) is 51.1 Å². The van der Waals surface area contributed by atoms with E-state index in [-0.39, 0.29) is 61.6 Å². The lowest BCUT2D eigenvalue weighted by atomic mass is 9.70. The van der Waals surface area contributed by atoms with Crippen LogP contribution < -0.4 is 4.90 Å². The fourth-order valence-electron chi connectivity index (χ4n) is 11.9. The average Bonchev–Trinajstić information content (AvgIpc) is 3.49. The Bertz CT molecular complexity index is 3950. The molecule has 2 aliphatic rings. The SMILES string of the molecule is Cc1cc(-c2cccc3ccc4ccccc4c23)c(C(F)(F)F)cc1N(c1cc(C(F)(F)F)c(-c2cccc3ccc4ccccc4c23)cc1C)c1cc(C(F)(F)F)c(C2C=CC=C3C=Cc4ccccc4C32)cc1C. The zero-order valence-electron chi connectivity index (χ0n) is 41.1. The molecule has 0 saturated heterocycles. The number of nitrogens with zero attached hydrogens (tertiary/aromatic N) is 1. The normalized spacial score (nSPS) is 15.6. The van der Waals surface area contributed by atoms with Crippen LogP contribution in [0.15, 0.2) is 200 Å². The monoisotopic (exact) mass is 1020 g/mol. The number of aryl methyl sites for hydroxylation is 3. The summed E-state index contributed by atoms with van der Waals surface area (Å²) in [5, 5.41) is 5.49. The Morgan fingerprint density at radius 1 is 0.395 bits per heavy atom. The molecule has 0 fully saturated rings. The maximum atomic E-state index is 16.1. The van der Waals surface area contributed by atoms with Gasteiger partial charge in [-0.2, -0.15) is 39.5 Å². The zero-order chi connectivity index (χ0) is 53.0. The van der Waals surface area contributed by atoms with Crippen LogP contribution in [0.3, 0.4) is 0 Å². The van der Waals surface area contributed by atoms with E-state index in [1.54, 1.807) is 55.5 Å². The average molecular weight is 1020 g/mol. The molecule has 2 aliphatic carbocycles. The molecule has 1 nitrogen and oxygen atoms in total. The van der Waals surface area contributed by atoms with Gasteiger partial charge in [0.25, 0.3) is 0 Å². The Kier molecular flexibility index (Phi) is 11.4. The smallest absolute Gasteiger partial charge is 0.310 e. The molecule has 10 aromatic carbocycles. The van der Waals surface area contributed by atoms with Crippen LogP contribution in [0.25, 0.3) is 71.4 Å². The molecule has 0 heterocycles. The molecule has 2 atom stereocenters. The summed E-state index contributed by atoms with van der Waals surface area (Å²) in [7, 11) is 0. The van der Waals surface area contributed by atoms with Gasteiger partial charge >= 0.3 is 18.5 Å². The number of anilines is 3. The highest BCUT2D eigenvalue weighted by Gasteiger charge is 2.42. The minimum atomic E-state index is -5.05. The molecule has 0 N–H and O–H groups in total. The Morgan fingerprint density at radius 2 is 0.842 bits per heavy atom. The van der Waals surface area contributed by atoms with Gasteiger partial charge in [-0.15, -0.1) is 0 Å². The summed E-state index contributed by atoms with van der Waals surface area (Å²) in [5.41, 5.74) is -0.975. The van der Waals surface area contributed by atoms with Crippen molar-refractivity contribution in [2.75, 3.05) is 4.90 Å². The third-order valence-corrected chi connectivity index (χ3v) is 15.3. The fraction of sp³-hybridized carbons (Fsp3) is 0.121. The summed E-state index contributed by atoms with van der Waals surface area (Å²) in [4.78, 5) is 1.16. The number of alkyl halides is 9. The standard InChI is InChI=1S/C66H44F9N/c1-37-31-52(49-22-10-16-43-28-25-40-13-4-7-19-46(40)61(43)49)55(64(67,68)69)34-58(37)76(59-35-56(65(70,71)72)53(32-38(59)2)50-23-11-17-44-29-26-41-14-5-8-20-47(41)62(44)50)60-36-57(66(73,74)75)54(33-39(60)3)51-24-12-18-45-30-27-42-15-6-9-21-48(42)63(45)51/h4-36,49,61H,1-3H3. The van der Waals surface area contributed by atoms with Gasteiger partial charge < -0.3 is 4.90 Å². The number of fused-ring (bicyclic) bond motifs is 9. The summed E-state index contributed by atoms with van der Waals surface area (Å²) in [6, 6.07) is 46.4. The zero-order valence-corrected chi connectivity index (χ0v) is 41.1. The van der Waals surface area contributed by atoms with E-state index >= 15 is 39.5 Å². The van der Waals surface area contributed by atoms with Crippen LogP contribution in [0.1, 0.15) is 61.9 Å². The highest BCUT2D eigenvalue weighted by Crippen LogP contribution is 2.54. The Labute approximate surface area is 432 Å². The van der Waals surface area contributed by atoms with Crippen molar-refractivity contribution in [1.82, 2.24) is 0 Å². The maximum Gasteiger partial charge on any atom is 0.417 e. The fourth-order valence-corrected chi connectivity index (χ4v) is 11.9. The first kappa shape index (κ1) is 48.6. The second kappa shape index (κ2) is 17.9. The van der Waals surface area contributed by atoms with E-state index in [0.717, 1.165) is 50.6 Å². The molecule has 0 bridgehead atoms. The molecule has 2 unspecified atom stereocenters. The van der Waals surface area contributed by atoms with Gasteiger partial charge in [-0.05, 0) is 155 Å². The van der Waals surface area contributed by atoms with Crippen molar-refractivity contribution in [2.24, 2.45) is 0 Å². The largest absolute Gasteiger partial charge is 0.417 e. The molecule has 0 aromatic heterocycles. The first-order valence-electron chi connectivity index (χ1n) is 24.8. The van der Waals surface area contributed by atoms with Gasteiger partial charge in [-0.25, -0.2) is 0 Å². The molecule has 0 radical (unpaired) electrons. The highest BCUT2D eigenvalue weighted by molar-refractivity contribution is 6.16. The summed E-state index contributed by atoms with van der Waals surface area (Å²) in [5.74, 6) is -1.35. The predicted octanol–water partition coefficient (Wildman–Crippen LogP) is 20.5. The summed E-state index contributed by atoms with van der Waals surface area (Å²) in [6.07, 6.45) is -6.03. The second-order valence-corrected chi connectivity index (χ2v) is 19.8. The quantitative estimate of drug-likeness (QED) is 0.119. The van der Waals surface area contributed by atoms with Crippen LogP contribution in [-0.4, -0.2) is 0 Å². The number of benzene rings is 10. The van der Waals surface area contributed by atoms with E-state index in [0.29, 0.717) is 32.3 Å². The van der Waals surface area contributed by atoms with Crippen LogP contribution in [0.2, 0.25) is 0 Å². The summed E-state index contributed by atoms with van der Waals surface area (Å²) >= 11 is 0. The molecular weight excluding hydrogens is 978 g/mol. The van der Waals surface area contributed by atoms with E-state index < -0.39 is 47.1 Å². The summed E-state index contributed by atoms with van der Waals surface area (Å²) < 4.78 is 145. The van der Waals surface area contributed by atoms with E-state index in [2.05, 4.69) is 0 Å². The number of allylic oxidation sites excluding steroid dienone is 5. The van der Waals surface area contributed by atoms with Gasteiger partial charge in [-0.1, -0.05) is 170 Å². The molecule has 0 saturated carbocycles. The summed E-state index contributed by atoms with van der Waals surface area (Å²) in [6.45, 7) is 4.62. The molecule has 376 valence electrons. The molecular formula is C66H44F9N. The van der Waals surface area contributed by atoms with Gasteiger partial charge in [0.05, 0.1) is 16.7 Å². The molecule has 76 heavy (non-hydrogen) atoms. The second-order valence-electron chi connectivity index (χ2n) is 19.8. The van der Waals surface area contributed by atoms with Gasteiger partial charge in [0, 0.05) is 28.9 Å². The lowest BCUT2D eigenvalue weighted by Crippen LogP contribution is -2.22. The number of halogens is 9. The van der Waals surface area contributed by atoms with Crippen LogP contribution in [0.5, 0.6) is 0 Å².